The number of aromatic nitrogens is 4. The predicted molar refractivity (Wildman–Crippen MR) is 95.7 cm³/mol. The Balaban J connectivity index is 2.26. The molecule has 0 aliphatic rings. The van der Waals surface area contributed by atoms with Crippen molar-refractivity contribution >= 4 is 15.9 Å². The summed E-state index contributed by atoms with van der Waals surface area (Å²) < 4.78 is 9.23. The average Bonchev–Trinajstić information content (AvgIpc) is 2.92. The Morgan fingerprint density at radius 2 is 1.79 bits per heavy atom. The lowest BCUT2D eigenvalue weighted by molar-refractivity contribution is 0.392. The minimum atomic E-state index is -0.136. The van der Waals surface area contributed by atoms with Crippen LogP contribution >= 0.6 is 15.9 Å². The lowest BCUT2D eigenvalue weighted by Crippen LogP contribution is -2.24. The van der Waals surface area contributed by atoms with E-state index in [4.69, 9.17) is 4.74 Å². The molecule has 124 valence electrons. The fourth-order valence-electron chi connectivity index (χ4n) is 2.41. The van der Waals surface area contributed by atoms with Crippen molar-refractivity contribution in [2.45, 2.75) is 19.9 Å². The summed E-state index contributed by atoms with van der Waals surface area (Å²) in [5, 5.41) is 8.99. The van der Waals surface area contributed by atoms with E-state index in [9.17, 15) is 4.79 Å². The van der Waals surface area contributed by atoms with Crippen molar-refractivity contribution in [1.82, 2.24) is 19.6 Å². The summed E-state index contributed by atoms with van der Waals surface area (Å²) in [6.45, 7) is 3.84. The van der Waals surface area contributed by atoms with Crippen molar-refractivity contribution in [2.75, 3.05) is 7.11 Å². The number of hydrogen-bond acceptors (Lipinski definition) is 4. The van der Waals surface area contributed by atoms with Crippen LogP contribution in [0.3, 0.4) is 0 Å². The summed E-state index contributed by atoms with van der Waals surface area (Å²) in [6, 6.07) is 12.9. The van der Waals surface area contributed by atoms with E-state index in [-0.39, 0.29) is 11.6 Å². The van der Waals surface area contributed by atoms with Gasteiger partial charge in [0.1, 0.15) is 15.9 Å². The molecule has 0 amide bonds. The van der Waals surface area contributed by atoms with Gasteiger partial charge in [-0.05, 0) is 48.0 Å². The van der Waals surface area contributed by atoms with Gasteiger partial charge in [-0.1, -0.05) is 18.2 Å². The van der Waals surface area contributed by atoms with E-state index in [1.165, 1.54) is 10.7 Å². The standard InChI is InChI=1S/C17H17BrN4O2/c1-11(2)21-14(23)10-9-13(19-21)16-15(18)17(24-3)20-22(16)12-7-5-4-6-8-12/h4-11H,1-3H3. The molecule has 0 aliphatic heterocycles. The molecule has 0 aliphatic carbocycles. The third-order valence-electron chi connectivity index (χ3n) is 3.55. The molecule has 0 N–H and O–H groups in total. The first kappa shape index (κ1) is 16.4. The molecule has 0 unspecified atom stereocenters. The monoisotopic (exact) mass is 388 g/mol. The second-order valence-electron chi connectivity index (χ2n) is 5.51. The van der Waals surface area contributed by atoms with Crippen molar-refractivity contribution in [3.8, 4) is 23.0 Å². The van der Waals surface area contributed by atoms with E-state index in [1.807, 2.05) is 44.2 Å². The second kappa shape index (κ2) is 6.60. The largest absolute Gasteiger partial charge is 0.479 e. The van der Waals surface area contributed by atoms with E-state index in [2.05, 4.69) is 26.1 Å². The van der Waals surface area contributed by atoms with Gasteiger partial charge in [-0.3, -0.25) is 4.79 Å². The molecule has 0 radical (unpaired) electrons. The van der Waals surface area contributed by atoms with Gasteiger partial charge in [-0.25, -0.2) is 9.36 Å². The Labute approximate surface area is 147 Å². The third-order valence-corrected chi connectivity index (χ3v) is 4.26. The summed E-state index contributed by atoms with van der Waals surface area (Å²) in [5.74, 6) is 0.456. The lowest BCUT2D eigenvalue weighted by atomic mass is 10.2. The van der Waals surface area contributed by atoms with Crippen LogP contribution in [0.15, 0.2) is 51.7 Å². The van der Waals surface area contributed by atoms with Gasteiger partial charge < -0.3 is 4.74 Å². The van der Waals surface area contributed by atoms with Crippen molar-refractivity contribution in [2.24, 2.45) is 0 Å². The first-order valence-electron chi connectivity index (χ1n) is 7.51. The van der Waals surface area contributed by atoms with Gasteiger partial charge in [-0.2, -0.15) is 5.10 Å². The maximum Gasteiger partial charge on any atom is 0.267 e. The Hall–Kier alpha value is -2.41. The molecule has 0 saturated carbocycles. The smallest absolute Gasteiger partial charge is 0.267 e. The van der Waals surface area contributed by atoms with Crippen molar-refractivity contribution in [3.05, 3.63) is 57.3 Å². The van der Waals surface area contributed by atoms with Crippen LogP contribution in [0.4, 0.5) is 0 Å². The Morgan fingerprint density at radius 1 is 1.08 bits per heavy atom. The fraction of sp³-hybridized carbons (Fsp3) is 0.235. The zero-order valence-corrected chi connectivity index (χ0v) is 15.2. The Kier molecular flexibility index (Phi) is 4.53. The van der Waals surface area contributed by atoms with E-state index in [0.717, 1.165) is 11.4 Å². The van der Waals surface area contributed by atoms with Crippen LogP contribution in [0.2, 0.25) is 0 Å². The third kappa shape index (κ3) is 2.87. The minimum absolute atomic E-state index is 0.0359. The van der Waals surface area contributed by atoms with Crippen molar-refractivity contribution < 1.29 is 4.74 Å². The summed E-state index contributed by atoms with van der Waals surface area (Å²) >= 11 is 3.54. The normalized spacial score (nSPS) is 11.0. The highest BCUT2D eigenvalue weighted by Crippen LogP contribution is 2.36. The maximum atomic E-state index is 12.0. The highest BCUT2D eigenvalue weighted by Gasteiger charge is 2.21. The van der Waals surface area contributed by atoms with E-state index >= 15 is 0 Å². The van der Waals surface area contributed by atoms with E-state index < -0.39 is 0 Å². The summed E-state index contributed by atoms with van der Waals surface area (Å²) in [7, 11) is 1.56. The number of rotatable bonds is 4. The van der Waals surface area contributed by atoms with Gasteiger partial charge in [0.2, 0.25) is 5.88 Å². The average molecular weight is 389 g/mol. The van der Waals surface area contributed by atoms with Gasteiger partial charge in [0, 0.05) is 6.07 Å². The van der Waals surface area contributed by atoms with Crippen molar-refractivity contribution in [1.29, 1.82) is 0 Å². The molecule has 3 rings (SSSR count). The minimum Gasteiger partial charge on any atom is -0.479 e. The Morgan fingerprint density at radius 3 is 2.42 bits per heavy atom. The molecular weight excluding hydrogens is 372 g/mol. The first-order valence-corrected chi connectivity index (χ1v) is 8.30. The maximum absolute atomic E-state index is 12.0. The first-order chi connectivity index (χ1) is 11.5. The Bertz CT molecular complexity index is 916. The van der Waals surface area contributed by atoms with Gasteiger partial charge in [0.05, 0.1) is 18.8 Å². The zero-order chi connectivity index (χ0) is 17.3. The number of para-hydroxylation sites is 1. The molecule has 0 saturated heterocycles. The molecule has 7 heteroatoms. The lowest BCUT2D eigenvalue weighted by Gasteiger charge is -2.11. The molecule has 0 atom stereocenters. The molecular formula is C17H17BrN4O2. The molecule has 6 nitrogen and oxygen atoms in total. The van der Waals surface area contributed by atoms with Crippen LogP contribution < -0.4 is 10.3 Å². The molecule has 2 aromatic heterocycles. The van der Waals surface area contributed by atoms with E-state index in [0.29, 0.717) is 16.0 Å². The SMILES string of the molecule is COc1nn(-c2ccccc2)c(-c2ccc(=O)n(C(C)C)n2)c1Br. The number of nitrogens with zero attached hydrogens (tertiary/aromatic N) is 4. The fourth-order valence-corrected chi connectivity index (χ4v) is 3.02. The van der Waals surface area contributed by atoms with Crippen LogP contribution in [-0.2, 0) is 0 Å². The van der Waals surface area contributed by atoms with Crippen LogP contribution in [-0.4, -0.2) is 26.7 Å². The molecule has 3 aromatic rings. The number of ether oxygens (including phenoxy) is 1. The van der Waals surface area contributed by atoms with Crippen molar-refractivity contribution in [3.63, 3.8) is 0 Å². The molecule has 2 heterocycles. The molecule has 24 heavy (non-hydrogen) atoms. The van der Waals surface area contributed by atoms with Crippen LogP contribution in [0, 0.1) is 0 Å². The van der Waals surface area contributed by atoms with Gasteiger partial charge in [0.25, 0.3) is 5.56 Å². The molecule has 0 spiro atoms. The molecule has 0 bridgehead atoms. The summed E-state index contributed by atoms with van der Waals surface area (Å²) in [5.41, 5.74) is 2.10. The number of halogens is 1. The second-order valence-corrected chi connectivity index (χ2v) is 6.31. The van der Waals surface area contributed by atoms with Crippen LogP contribution in [0.1, 0.15) is 19.9 Å². The zero-order valence-electron chi connectivity index (χ0n) is 13.6. The highest BCUT2D eigenvalue weighted by molar-refractivity contribution is 9.10. The molecule has 0 fully saturated rings. The van der Waals surface area contributed by atoms with Gasteiger partial charge in [-0.15, -0.1) is 5.10 Å². The number of benzene rings is 1. The number of hydrogen-bond donors (Lipinski definition) is 0. The quantitative estimate of drug-likeness (QED) is 0.686. The molecule has 1 aromatic carbocycles. The van der Waals surface area contributed by atoms with Crippen LogP contribution in [0.5, 0.6) is 5.88 Å². The number of methoxy groups -OCH3 is 1. The van der Waals surface area contributed by atoms with Gasteiger partial charge in [0.15, 0.2) is 0 Å². The summed E-state index contributed by atoms with van der Waals surface area (Å²) in [6.07, 6.45) is 0. The topological polar surface area (TPSA) is 61.9 Å². The highest BCUT2D eigenvalue weighted by atomic mass is 79.9. The predicted octanol–water partition coefficient (Wildman–Crippen LogP) is 3.45. The van der Waals surface area contributed by atoms with E-state index in [1.54, 1.807) is 17.9 Å². The summed E-state index contributed by atoms with van der Waals surface area (Å²) in [4.78, 5) is 12.0. The van der Waals surface area contributed by atoms with Gasteiger partial charge >= 0.3 is 0 Å². The van der Waals surface area contributed by atoms with Crippen LogP contribution in [0.25, 0.3) is 17.1 Å².